The van der Waals surface area contributed by atoms with Gasteiger partial charge in [-0.25, -0.2) is 14.4 Å². The molecule has 0 saturated carbocycles. The molecular formula is C35H47N5O7. The van der Waals surface area contributed by atoms with Gasteiger partial charge in [-0.15, -0.1) is 10.2 Å². The van der Waals surface area contributed by atoms with E-state index in [1.807, 2.05) is 45.0 Å². The molecule has 12 heteroatoms. The van der Waals surface area contributed by atoms with E-state index in [1.165, 1.54) is 24.6 Å². The fourth-order valence-electron chi connectivity index (χ4n) is 5.51. The molecule has 1 heterocycles. The van der Waals surface area contributed by atoms with Crippen LogP contribution < -0.4 is 10.6 Å². The zero-order valence-corrected chi connectivity index (χ0v) is 28.4. The van der Waals surface area contributed by atoms with Gasteiger partial charge in [0, 0.05) is 12.5 Å². The van der Waals surface area contributed by atoms with Crippen LogP contribution in [0.1, 0.15) is 95.8 Å². The second-order valence-electron chi connectivity index (χ2n) is 13.5. The van der Waals surface area contributed by atoms with Crippen molar-refractivity contribution in [2.24, 2.45) is 0 Å². The van der Waals surface area contributed by atoms with E-state index in [0.29, 0.717) is 31.6 Å². The quantitative estimate of drug-likeness (QED) is 0.128. The molecule has 2 N–H and O–H groups in total. The molecule has 254 valence electrons. The van der Waals surface area contributed by atoms with E-state index in [1.54, 1.807) is 25.3 Å². The summed E-state index contributed by atoms with van der Waals surface area (Å²) in [6.45, 7) is 11.7. The minimum Gasteiger partial charge on any atom is -0.467 e. The molecule has 47 heavy (non-hydrogen) atoms. The van der Waals surface area contributed by atoms with Crippen LogP contribution in [-0.2, 0) is 23.7 Å². The lowest BCUT2D eigenvalue weighted by Crippen LogP contribution is -2.39. The molecule has 0 fully saturated rings. The van der Waals surface area contributed by atoms with Crippen LogP contribution in [0.4, 0.5) is 9.59 Å². The van der Waals surface area contributed by atoms with Crippen molar-refractivity contribution >= 4 is 18.2 Å². The van der Waals surface area contributed by atoms with Gasteiger partial charge in [0.15, 0.2) is 5.82 Å². The van der Waals surface area contributed by atoms with Crippen molar-refractivity contribution in [3.05, 3.63) is 71.8 Å². The smallest absolute Gasteiger partial charge is 0.408 e. The summed E-state index contributed by atoms with van der Waals surface area (Å²) >= 11 is 0. The second-order valence-corrected chi connectivity index (χ2v) is 13.5. The Morgan fingerprint density at radius 3 is 2.13 bits per heavy atom. The van der Waals surface area contributed by atoms with Crippen LogP contribution in [0.5, 0.6) is 0 Å². The van der Waals surface area contributed by atoms with Crippen LogP contribution in [0.2, 0.25) is 0 Å². The first-order valence-corrected chi connectivity index (χ1v) is 16.0. The van der Waals surface area contributed by atoms with E-state index in [0.717, 1.165) is 11.1 Å². The van der Waals surface area contributed by atoms with Crippen LogP contribution in [0.25, 0.3) is 11.1 Å². The zero-order chi connectivity index (χ0) is 34.2. The summed E-state index contributed by atoms with van der Waals surface area (Å²) in [7, 11) is 1.32. The molecule has 0 spiro atoms. The summed E-state index contributed by atoms with van der Waals surface area (Å²) in [4.78, 5) is 38.2. The Bertz CT molecular complexity index is 1480. The normalized spacial score (nSPS) is 14.0. The maximum atomic E-state index is 12.9. The summed E-state index contributed by atoms with van der Waals surface area (Å²) in [5.74, 6) is -0.176. The number of carbonyl (C=O) groups is 3. The minimum atomic E-state index is -0.767. The first kappa shape index (κ1) is 35.4. The minimum absolute atomic E-state index is 0.0191. The Hall–Kier alpha value is -4.45. The van der Waals surface area contributed by atoms with Gasteiger partial charge < -0.3 is 34.1 Å². The van der Waals surface area contributed by atoms with Crippen molar-refractivity contribution in [1.29, 1.82) is 0 Å². The van der Waals surface area contributed by atoms with Crippen molar-refractivity contribution in [2.45, 2.75) is 90.0 Å². The predicted molar refractivity (Wildman–Crippen MR) is 176 cm³/mol. The Morgan fingerprint density at radius 1 is 0.894 bits per heavy atom. The standard InChI is InChI=1S/C35H47N5O7/c1-34(2,3)46-21-28(38-33(43)47-35(4,5)6)30-39-37-22-40(30)29(31(41)44-7)18-12-13-19-36-32(42)45-20-27-25-16-10-8-14-23(25)24-15-9-11-17-26(24)27/h8-11,14-17,22,27-29H,12-13,18-21H2,1-7H3,(H,36,42)(H,38,43)/t28-,29-/m0/s1. The van der Waals surface area contributed by atoms with Crippen LogP contribution in [0.3, 0.4) is 0 Å². The molecule has 2 atom stereocenters. The van der Waals surface area contributed by atoms with Gasteiger partial charge in [0.1, 0.15) is 30.6 Å². The lowest BCUT2D eigenvalue weighted by atomic mass is 9.98. The highest BCUT2D eigenvalue weighted by Gasteiger charge is 2.31. The maximum Gasteiger partial charge on any atom is 0.408 e. The highest BCUT2D eigenvalue weighted by Crippen LogP contribution is 2.44. The third-order valence-corrected chi connectivity index (χ3v) is 7.61. The molecule has 0 saturated heterocycles. The van der Waals surface area contributed by atoms with Gasteiger partial charge in [0.2, 0.25) is 0 Å². The number of rotatable bonds is 13. The first-order chi connectivity index (χ1) is 22.3. The monoisotopic (exact) mass is 649 g/mol. The van der Waals surface area contributed by atoms with Gasteiger partial charge in [-0.3, -0.25) is 0 Å². The number of esters is 1. The van der Waals surface area contributed by atoms with Crippen LogP contribution >= 0.6 is 0 Å². The summed E-state index contributed by atoms with van der Waals surface area (Å²) in [5, 5.41) is 13.9. The van der Waals surface area contributed by atoms with Crippen molar-refractivity contribution in [3.63, 3.8) is 0 Å². The third-order valence-electron chi connectivity index (χ3n) is 7.61. The topological polar surface area (TPSA) is 143 Å². The van der Waals surface area contributed by atoms with E-state index in [4.69, 9.17) is 18.9 Å². The van der Waals surface area contributed by atoms with Crippen molar-refractivity contribution in [1.82, 2.24) is 25.4 Å². The number of amides is 2. The Morgan fingerprint density at radius 2 is 1.53 bits per heavy atom. The number of aromatic nitrogens is 3. The third kappa shape index (κ3) is 9.77. The molecule has 1 aliphatic carbocycles. The average molecular weight is 650 g/mol. The largest absolute Gasteiger partial charge is 0.467 e. The van der Waals surface area contributed by atoms with Crippen molar-refractivity contribution in [3.8, 4) is 11.1 Å². The van der Waals surface area contributed by atoms with Crippen LogP contribution in [-0.4, -0.2) is 71.0 Å². The summed E-state index contributed by atoms with van der Waals surface area (Å²) in [6, 6.07) is 14.8. The summed E-state index contributed by atoms with van der Waals surface area (Å²) < 4.78 is 23.8. The van der Waals surface area contributed by atoms with Gasteiger partial charge >= 0.3 is 18.2 Å². The molecule has 12 nitrogen and oxygen atoms in total. The van der Waals surface area contributed by atoms with Crippen LogP contribution in [0, 0.1) is 0 Å². The first-order valence-electron chi connectivity index (χ1n) is 16.0. The van der Waals surface area contributed by atoms with Gasteiger partial charge in [0.05, 0.1) is 19.3 Å². The molecule has 0 radical (unpaired) electrons. The van der Waals surface area contributed by atoms with Gasteiger partial charge in [-0.2, -0.15) is 0 Å². The highest BCUT2D eigenvalue weighted by atomic mass is 16.6. The number of nitrogens with one attached hydrogen (secondary N) is 2. The molecule has 3 aromatic rings. The van der Waals surface area contributed by atoms with Gasteiger partial charge in [0.25, 0.3) is 0 Å². The number of carbonyl (C=O) groups excluding carboxylic acids is 3. The maximum absolute atomic E-state index is 12.9. The summed E-state index contributed by atoms with van der Waals surface area (Å²) in [6.07, 6.45) is 1.83. The second kappa shape index (κ2) is 15.4. The van der Waals surface area contributed by atoms with Gasteiger partial charge in [-0.1, -0.05) is 48.5 Å². The Balaban J connectivity index is 1.33. The van der Waals surface area contributed by atoms with E-state index in [2.05, 4.69) is 45.1 Å². The van der Waals surface area contributed by atoms with Gasteiger partial charge in [-0.05, 0) is 83.1 Å². The Kier molecular flexibility index (Phi) is 11.6. The predicted octanol–water partition coefficient (Wildman–Crippen LogP) is 6.08. The molecule has 0 unspecified atom stereocenters. The van der Waals surface area contributed by atoms with E-state index in [-0.39, 0.29) is 19.1 Å². The number of ether oxygens (including phenoxy) is 4. The van der Waals surface area contributed by atoms with E-state index in [9.17, 15) is 14.4 Å². The number of benzene rings is 2. The molecule has 1 aliphatic rings. The molecule has 2 aromatic carbocycles. The number of hydrogen-bond acceptors (Lipinski definition) is 9. The number of nitrogens with zero attached hydrogens (tertiary/aromatic N) is 3. The lowest BCUT2D eigenvalue weighted by molar-refractivity contribution is -0.145. The number of unbranched alkanes of at least 4 members (excludes halogenated alkanes) is 1. The van der Waals surface area contributed by atoms with E-state index < -0.39 is 41.4 Å². The molecule has 1 aromatic heterocycles. The fraction of sp³-hybridized carbons (Fsp3) is 0.514. The zero-order valence-electron chi connectivity index (χ0n) is 28.4. The highest BCUT2D eigenvalue weighted by molar-refractivity contribution is 5.79. The Labute approximate surface area is 276 Å². The van der Waals surface area contributed by atoms with Crippen molar-refractivity contribution in [2.75, 3.05) is 26.9 Å². The fourth-order valence-corrected chi connectivity index (χ4v) is 5.51. The number of alkyl carbamates (subject to hydrolysis) is 2. The molecule has 2 amide bonds. The molecular weight excluding hydrogens is 602 g/mol. The molecule has 0 bridgehead atoms. The number of hydrogen-bond donors (Lipinski definition) is 2. The van der Waals surface area contributed by atoms with Crippen LogP contribution in [0.15, 0.2) is 54.9 Å². The summed E-state index contributed by atoms with van der Waals surface area (Å²) in [5.41, 5.74) is 3.43. The number of fused-ring (bicyclic) bond motifs is 3. The molecule has 4 rings (SSSR count). The lowest BCUT2D eigenvalue weighted by Gasteiger charge is -2.27. The van der Waals surface area contributed by atoms with Crippen molar-refractivity contribution < 1.29 is 33.3 Å². The molecule has 0 aliphatic heterocycles. The van der Waals surface area contributed by atoms with E-state index >= 15 is 0 Å². The SMILES string of the molecule is COC(=O)[C@H](CCCCNC(=O)OCC1c2ccccc2-c2ccccc21)n1cnnc1[C@H](COC(C)(C)C)NC(=O)OC(C)(C)C. The number of methoxy groups -OCH3 is 1. The average Bonchev–Trinajstić information content (AvgIpc) is 3.61.